The number of fused-ring (bicyclic) bond motifs is 1. The SMILES string of the molecule is C=COCC.CCC(C)c1cn2cc(Cl)ccc2n1. The molecule has 1 unspecified atom stereocenters. The highest BCUT2D eigenvalue weighted by atomic mass is 35.5. The van der Waals surface area contributed by atoms with Crippen molar-refractivity contribution >= 4 is 17.2 Å². The summed E-state index contributed by atoms with van der Waals surface area (Å²) in [6.07, 6.45) is 6.47. The van der Waals surface area contributed by atoms with Gasteiger partial charge in [-0.15, -0.1) is 0 Å². The van der Waals surface area contributed by atoms with Crippen molar-refractivity contribution in [2.75, 3.05) is 6.61 Å². The van der Waals surface area contributed by atoms with Crippen LogP contribution in [0.4, 0.5) is 0 Å². The standard InChI is InChI=1S/C11H13ClN2.C4H8O/c1-3-8(2)10-7-14-6-9(12)4-5-11(14)13-10;1-3-5-4-2/h4-8H,3H2,1-2H3;3H,1,4H2,2H3. The van der Waals surface area contributed by atoms with Crippen molar-refractivity contribution in [1.82, 2.24) is 9.38 Å². The Labute approximate surface area is 119 Å². The average Bonchev–Trinajstić information content (AvgIpc) is 2.82. The fourth-order valence-corrected chi connectivity index (χ4v) is 1.72. The Bertz CT molecular complexity index is 522. The van der Waals surface area contributed by atoms with E-state index in [1.54, 1.807) is 0 Å². The molecule has 0 amide bonds. The van der Waals surface area contributed by atoms with Crippen LogP contribution < -0.4 is 0 Å². The molecule has 0 aliphatic rings. The first-order valence-electron chi connectivity index (χ1n) is 6.49. The highest BCUT2D eigenvalue weighted by Crippen LogP contribution is 2.19. The topological polar surface area (TPSA) is 26.5 Å². The maximum Gasteiger partial charge on any atom is 0.137 e. The van der Waals surface area contributed by atoms with Crippen molar-refractivity contribution in [3.05, 3.63) is 48.1 Å². The predicted molar refractivity (Wildman–Crippen MR) is 80.7 cm³/mol. The molecule has 0 bridgehead atoms. The molecule has 0 aliphatic carbocycles. The lowest BCUT2D eigenvalue weighted by molar-refractivity contribution is 0.270. The van der Waals surface area contributed by atoms with E-state index >= 15 is 0 Å². The van der Waals surface area contributed by atoms with E-state index < -0.39 is 0 Å². The summed E-state index contributed by atoms with van der Waals surface area (Å²) in [4.78, 5) is 4.53. The first-order chi connectivity index (χ1) is 9.12. The molecule has 3 nitrogen and oxygen atoms in total. The molecule has 4 heteroatoms. The van der Waals surface area contributed by atoms with E-state index in [4.69, 9.17) is 11.6 Å². The summed E-state index contributed by atoms with van der Waals surface area (Å²) in [6.45, 7) is 10.3. The van der Waals surface area contributed by atoms with Gasteiger partial charge in [0.1, 0.15) is 5.65 Å². The fourth-order valence-electron chi connectivity index (χ4n) is 1.55. The summed E-state index contributed by atoms with van der Waals surface area (Å²) in [5.41, 5.74) is 2.10. The van der Waals surface area contributed by atoms with Crippen LogP contribution in [-0.2, 0) is 4.74 Å². The molecular weight excluding hydrogens is 260 g/mol. The summed E-state index contributed by atoms with van der Waals surface area (Å²) in [5.74, 6) is 0.508. The van der Waals surface area contributed by atoms with Gasteiger partial charge in [-0.2, -0.15) is 0 Å². The molecular formula is C15H21ClN2O. The fraction of sp³-hybridized carbons (Fsp3) is 0.400. The Morgan fingerprint density at radius 3 is 2.68 bits per heavy atom. The maximum absolute atomic E-state index is 5.89. The zero-order valence-electron chi connectivity index (χ0n) is 11.8. The highest BCUT2D eigenvalue weighted by Gasteiger charge is 2.07. The normalized spacial score (nSPS) is 11.6. The van der Waals surface area contributed by atoms with E-state index in [2.05, 4.69) is 36.3 Å². The lowest BCUT2D eigenvalue weighted by atomic mass is 10.1. The van der Waals surface area contributed by atoms with Gasteiger partial charge in [-0.3, -0.25) is 0 Å². The Morgan fingerprint density at radius 2 is 2.16 bits per heavy atom. The van der Waals surface area contributed by atoms with Crippen LogP contribution in [0.1, 0.15) is 38.8 Å². The van der Waals surface area contributed by atoms with E-state index in [-0.39, 0.29) is 0 Å². The van der Waals surface area contributed by atoms with Gasteiger partial charge >= 0.3 is 0 Å². The predicted octanol–water partition coefficient (Wildman–Crippen LogP) is 4.67. The molecule has 2 rings (SSSR count). The Kier molecular flexibility index (Phi) is 6.43. The first-order valence-corrected chi connectivity index (χ1v) is 6.86. The second kappa shape index (κ2) is 7.85. The highest BCUT2D eigenvalue weighted by molar-refractivity contribution is 6.30. The van der Waals surface area contributed by atoms with Gasteiger partial charge in [0.05, 0.1) is 23.6 Å². The van der Waals surface area contributed by atoms with Crippen molar-refractivity contribution in [1.29, 1.82) is 0 Å². The number of ether oxygens (including phenoxy) is 1. The van der Waals surface area contributed by atoms with E-state index in [1.165, 1.54) is 6.26 Å². The lowest BCUT2D eigenvalue weighted by Crippen LogP contribution is -1.89. The van der Waals surface area contributed by atoms with Gasteiger partial charge in [0.25, 0.3) is 0 Å². The summed E-state index contributed by atoms with van der Waals surface area (Å²) in [5, 5.41) is 0.741. The van der Waals surface area contributed by atoms with Gasteiger partial charge < -0.3 is 9.14 Å². The Balaban J connectivity index is 0.000000312. The van der Waals surface area contributed by atoms with Crippen molar-refractivity contribution in [3.8, 4) is 0 Å². The largest absolute Gasteiger partial charge is 0.502 e. The molecule has 104 valence electrons. The van der Waals surface area contributed by atoms with Crippen molar-refractivity contribution < 1.29 is 4.74 Å². The molecule has 2 heterocycles. The van der Waals surface area contributed by atoms with Gasteiger partial charge in [0, 0.05) is 12.4 Å². The van der Waals surface area contributed by atoms with Crippen molar-refractivity contribution in [3.63, 3.8) is 0 Å². The van der Waals surface area contributed by atoms with Crippen LogP contribution in [0.5, 0.6) is 0 Å². The zero-order valence-corrected chi connectivity index (χ0v) is 12.5. The van der Waals surface area contributed by atoms with E-state index in [9.17, 15) is 0 Å². The Morgan fingerprint density at radius 1 is 1.42 bits per heavy atom. The monoisotopic (exact) mass is 280 g/mol. The number of aromatic nitrogens is 2. The quantitative estimate of drug-likeness (QED) is 0.761. The number of imidazole rings is 1. The molecule has 0 fully saturated rings. The van der Waals surface area contributed by atoms with Crippen LogP contribution in [0, 0.1) is 0 Å². The number of pyridine rings is 1. The molecule has 1 atom stereocenters. The molecule has 0 aromatic carbocycles. The third kappa shape index (κ3) is 4.60. The molecule has 0 spiro atoms. The third-order valence-electron chi connectivity index (χ3n) is 2.84. The second-order valence-corrected chi connectivity index (χ2v) is 4.65. The lowest BCUT2D eigenvalue weighted by Gasteiger charge is -2.01. The van der Waals surface area contributed by atoms with Crippen LogP contribution >= 0.6 is 11.6 Å². The third-order valence-corrected chi connectivity index (χ3v) is 3.06. The molecule has 0 saturated heterocycles. The molecule has 0 saturated carbocycles. The van der Waals surface area contributed by atoms with E-state index in [0.717, 1.165) is 29.4 Å². The van der Waals surface area contributed by atoms with Gasteiger partial charge in [0.2, 0.25) is 0 Å². The molecule has 2 aromatic heterocycles. The van der Waals surface area contributed by atoms with Crippen molar-refractivity contribution in [2.24, 2.45) is 0 Å². The second-order valence-electron chi connectivity index (χ2n) is 4.21. The number of hydrogen-bond acceptors (Lipinski definition) is 2. The van der Waals surface area contributed by atoms with Gasteiger partial charge in [-0.1, -0.05) is 32.0 Å². The minimum absolute atomic E-state index is 0.508. The minimum Gasteiger partial charge on any atom is -0.502 e. The van der Waals surface area contributed by atoms with Gasteiger partial charge in [-0.25, -0.2) is 4.98 Å². The number of halogens is 1. The minimum atomic E-state index is 0.508. The molecule has 19 heavy (non-hydrogen) atoms. The number of rotatable bonds is 4. The summed E-state index contributed by atoms with van der Waals surface area (Å²) in [7, 11) is 0. The van der Waals surface area contributed by atoms with Crippen LogP contribution in [0.15, 0.2) is 37.4 Å². The average molecular weight is 281 g/mol. The van der Waals surface area contributed by atoms with Crippen molar-refractivity contribution in [2.45, 2.75) is 33.1 Å². The molecule has 0 radical (unpaired) electrons. The van der Waals surface area contributed by atoms with Gasteiger partial charge in [-0.05, 0) is 31.4 Å². The number of hydrogen-bond donors (Lipinski definition) is 0. The maximum atomic E-state index is 5.89. The van der Waals surface area contributed by atoms with Gasteiger partial charge in [0.15, 0.2) is 0 Å². The zero-order chi connectivity index (χ0) is 14.3. The van der Waals surface area contributed by atoms with E-state index in [1.807, 2.05) is 29.7 Å². The van der Waals surface area contributed by atoms with Crippen LogP contribution in [0.25, 0.3) is 5.65 Å². The molecule has 0 aliphatic heterocycles. The molecule has 0 N–H and O–H groups in total. The smallest absolute Gasteiger partial charge is 0.137 e. The summed E-state index contributed by atoms with van der Waals surface area (Å²) >= 11 is 5.89. The van der Waals surface area contributed by atoms with Crippen LogP contribution in [0.2, 0.25) is 5.02 Å². The van der Waals surface area contributed by atoms with Crippen LogP contribution in [0.3, 0.4) is 0 Å². The molecule has 2 aromatic rings. The number of nitrogens with zero attached hydrogens (tertiary/aromatic N) is 2. The summed E-state index contributed by atoms with van der Waals surface area (Å²) < 4.78 is 6.57. The Hall–Kier alpha value is -1.48. The van der Waals surface area contributed by atoms with E-state index in [0.29, 0.717) is 5.92 Å². The van der Waals surface area contributed by atoms with Crippen LogP contribution in [-0.4, -0.2) is 16.0 Å². The summed E-state index contributed by atoms with van der Waals surface area (Å²) in [6, 6.07) is 3.80. The first kappa shape index (κ1) is 15.6.